The van der Waals surface area contributed by atoms with Crippen LogP contribution in [0.4, 0.5) is 0 Å². The summed E-state index contributed by atoms with van der Waals surface area (Å²) in [4.78, 5) is 22.7. The van der Waals surface area contributed by atoms with Crippen LogP contribution in [0.25, 0.3) is 0 Å². The average Bonchev–Trinajstić information content (AvgIpc) is 2.47. The third-order valence-corrected chi connectivity index (χ3v) is 3.07. The molecule has 1 aromatic rings. The minimum atomic E-state index is -0.576. The predicted molar refractivity (Wildman–Crippen MR) is 79.9 cm³/mol. The summed E-state index contributed by atoms with van der Waals surface area (Å²) in [5.41, 5.74) is 5.50. The van der Waals surface area contributed by atoms with E-state index in [2.05, 4.69) is 6.92 Å². The smallest absolute Gasteiger partial charge is 0.308 e. The van der Waals surface area contributed by atoms with E-state index in [-0.39, 0.29) is 18.3 Å². The van der Waals surface area contributed by atoms with Gasteiger partial charge in [0.05, 0.1) is 5.56 Å². The zero-order valence-corrected chi connectivity index (χ0v) is 12.5. The fourth-order valence-corrected chi connectivity index (χ4v) is 1.90. The maximum atomic E-state index is 11.5. The molecule has 0 heterocycles. The minimum Gasteiger partial charge on any atom is -0.457 e. The molecular weight excluding hydrogens is 270 g/mol. The van der Waals surface area contributed by atoms with Crippen molar-refractivity contribution in [1.29, 1.82) is 0 Å². The Morgan fingerprint density at radius 1 is 1.10 bits per heavy atom. The lowest BCUT2D eigenvalue weighted by Gasteiger charge is -2.09. The van der Waals surface area contributed by atoms with Gasteiger partial charge in [-0.05, 0) is 18.6 Å². The maximum absolute atomic E-state index is 11.5. The second-order valence-corrected chi connectivity index (χ2v) is 4.80. The lowest BCUT2D eigenvalue weighted by atomic mass is 10.1. The lowest BCUT2D eigenvalue weighted by Crippen LogP contribution is -2.15. The second kappa shape index (κ2) is 9.80. The van der Waals surface area contributed by atoms with E-state index >= 15 is 0 Å². The van der Waals surface area contributed by atoms with Crippen LogP contribution in [0.15, 0.2) is 24.3 Å². The number of carbonyl (C=O) groups is 2. The number of hydrogen-bond donors (Lipinski definition) is 1. The average molecular weight is 293 g/mol. The Balaban J connectivity index is 2.24. The molecule has 1 rings (SSSR count). The van der Waals surface area contributed by atoms with Crippen LogP contribution in [-0.4, -0.2) is 18.7 Å². The predicted octanol–water partition coefficient (Wildman–Crippen LogP) is 3.03. The summed E-state index contributed by atoms with van der Waals surface area (Å²) in [5.74, 6) is -0.545. The molecule has 0 radical (unpaired) electrons. The van der Waals surface area contributed by atoms with Crippen LogP contribution in [0, 0.1) is 0 Å². The topological polar surface area (TPSA) is 78.6 Å². The van der Waals surface area contributed by atoms with Gasteiger partial charge in [-0.1, -0.05) is 44.7 Å². The fourth-order valence-electron chi connectivity index (χ4n) is 1.90. The summed E-state index contributed by atoms with van der Waals surface area (Å²) in [6.07, 6.45) is 5.78. The van der Waals surface area contributed by atoms with Crippen LogP contribution in [-0.2, 0) is 9.53 Å². The van der Waals surface area contributed by atoms with E-state index in [0.29, 0.717) is 12.2 Å². The first-order valence-electron chi connectivity index (χ1n) is 7.32. The van der Waals surface area contributed by atoms with Gasteiger partial charge < -0.3 is 15.2 Å². The molecule has 0 aliphatic carbocycles. The molecular formula is C16H23NO4. The van der Waals surface area contributed by atoms with Crippen LogP contribution in [0.5, 0.6) is 5.75 Å². The molecule has 0 atom stereocenters. The van der Waals surface area contributed by atoms with Crippen LogP contribution in [0.2, 0.25) is 0 Å². The molecule has 5 heteroatoms. The van der Waals surface area contributed by atoms with E-state index in [1.807, 2.05) is 0 Å². The largest absolute Gasteiger partial charge is 0.457 e. The highest BCUT2D eigenvalue weighted by molar-refractivity contribution is 5.95. The first-order valence-corrected chi connectivity index (χ1v) is 7.32. The van der Waals surface area contributed by atoms with Crippen molar-refractivity contribution in [3.63, 3.8) is 0 Å². The molecule has 0 bridgehead atoms. The van der Waals surface area contributed by atoms with Gasteiger partial charge in [-0.15, -0.1) is 0 Å². The van der Waals surface area contributed by atoms with Crippen LogP contribution >= 0.6 is 0 Å². The van der Waals surface area contributed by atoms with E-state index < -0.39 is 5.91 Å². The Kier molecular flexibility index (Phi) is 7.94. The van der Waals surface area contributed by atoms with Gasteiger partial charge in [0.1, 0.15) is 5.75 Å². The molecule has 2 N–H and O–H groups in total. The van der Waals surface area contributed by atoms with Crippen LogP contribution in [0.3, 0.4) is 0 Å². The number of esters is 1. The van der Waals surface area contributed by atoms with E-state index in [9.17, 15) is 9.59 Å². The number of unbranched alkanes of at least 4 members (excludes halogenated alkanes) is 4. The quantitative estimate of drug-likeness (QED) is 0.408. The lowest BCUT2D eigenvalue weighted by molar-refractivity contribution is -0.150. The number of primary amides is 1. The molecule has 1 aromatic carbocycles. The number of carbonyl (C=O) groups excluding carboxylic acids is 2. The summed E-state index contributed by atoms with van der Waals surface area (Å²) < 4.78 is 10.2. The molecule has 0 aliphatic heterocycles. The first-order chi connectivity index (χ1) is 10.1. The highest BCUT2D eigenvalue weighted by Crippen LogP contribution is 2.17. The Bertz CT molecular complexity index is 459. The molecule has 0 spiro atoms. The molecule has 0 saturated carbocycles. The highest BCUT2D eigenvalue weighted by atomic mass is 16.7. The van der Waals surface area contributed by atoms with Gasteiger partial charge in [0.15, 0.2) is 0 Å². The van der Waals surface area contributed by atoms with Crippen molar-refractivity contribution >= 4 is 11.9 Å². The summed E-state index contributed by atoms with van der Waals surface area (Å²) >= 11 is 0. The van der Waals surface area contributed by atoms with Gasteiger partial charge in [-0.2, -0.15) is 0 Å². The molecule has 0 unspecified atom stereocenters. The zero-order chi connectivity index (χ0) is 15.5. The summed E-state index contributed by atoms with van der Waals surface area (Å²) in [7, 11) is 0. The Morgan fingerprint density at radius 2 is 1.81 bits per heavy atom. The highest BCUT2D eigenvalue weighted by Gasteiger charge is 2.09. The molecule has 116 valence electrons. The fraction of sp³-hybridized carbons (Fsp3) is 0.500. The van der Waals surface area contributed by atoms with Crippen molar-refractivity contribution in [2.45, 2.75) is 45.4 Å². The normalized spacial score (nSPS) is 10.1. The molecule has 0 fully saturated rings. The van der Waals surface area contributed by atoms with E-state index in [4.69, 9.17) is 15.2 Å². The SMILES string of the molecule is CCCCCCCC(=O)OCOc1ccccc1C(N)=O. The van der Waals surface area contributed by atoms with E-state index in [0.717, 1.165) is 19.3 Å². The second-order valence-electron chi connectivity index (χ2n) is 4.80. The van der Waals surface area contributed by atoms with Crippen molar-refractivity contribution in [2.24, 2.45) is 5.73 Å². The third kappa shape index (κ3) is 6.79. The molecule has 5 nitrogen and oxygen atoms in total. The summed E-state index contributed by atoms with van der Waals surface area (Å²) in [5, 5.41) is 0. The third-order valence-electron chi connectivity index (χ3n) is 3.07. The summed E-state index contributed by atoms with van der Waals surface area (Å²) in [6, 6.07) is 6.58. The molecule has 21 heavy (non-hydrogen) atoms. The van der Waals surface area contributed by atoms with Crippen molar-refractivity contribution in [3.05, 3.63) is 29.8 Å². The number of rotatable bonds is 10. The number of ether oxygens (including phenoxy) is 2. The number of amides is 1. The molecule has 1 amide bonds. The van der Waals surface area contributed by atoms with Crippen LogP contribution < -0.4 is 10.5 Å². The van der Waals surface area contributed by atoms with Gasteiger partial charge in [-0.3, -0.25) is 9.59 Å². The van der Waals surface area contributed by atoms with Crippen molar-refractivity contribution in [3.8, 4) is 5.75 Å². The Labute approximate surface area is 125 Å². The van der Waals surface area contributed by atoms with Gasteiger partial charge in [-0.25, -0.2) is 0 Å². The molecule has 0 saturated heterocycles. The molecule has 0 aromatic heterocycles. The monoisotopic (exact) mass is 293 g/mol. The number of para-hydroxylation sites is 1. The van der Waals surface area contributed by atoms with Gasteiger partial charge in [0.25, 0.3) is 5.91 Å². The summed E-state index contributed by atoms with van der Waals surface area (Å²) in [6.45, 7) is 1.94. The number of hydrogen-bond acceptors (Lipinski definition) is 4. The number of nitrogens with two attached hydrogens (primary N) is 1. The Hall–Kier alpha value is -2.04. The van der Waals surface area contributed by atoms with Gasteiger partial charge >= 0.3 is 5.97 Å². The molecule has 0 aliphatic rings. The minimum absolute atomic E-state index is 0.210. The van der Waals surface area contributed by atoms with Crippen molar-refractivity contribution in [2.75, 3.05) is 6.79 Å². The maximum Gasteiger partial charge on any atom is 0.308 e. The van der Waals surface area contributed by atoms with E-state index in [1.54, 1.807) is 24.3 Å². The zero-order valence-electron chi connectivity index (χ0n) is 12.5. The van der Waals surface area contributed by atoms with E-state index in [1.165, 1.54) is 12.8 Å². The standard InChI is InChI=1S/C16H23NO4/c1-2-3-4-5-6-11-15(18)21-12-20-14-10-8-7-9-13(14)16(17)19/h7-10H,2-6,11-12H2,1H3,(H2,17,19). The van der Waals surface area contributed by atoms with Crippen molar-refractivity contribution < 1.29 is 19.1 Å². The number of benzene rings is 1. The Morgan fingerprint density at radius 3 is 2.52 bits per heavy atom. The van der Waals surface area contributed by atoms with Gasteiger partial charge in [0.2, 0.25) is 6.79 Å². The first kappa shape index (κ1) is 17.0. The van der Waals surface area contributed by atoms with Crippen molar-refractivity contribution in [1.82, 2.24) is 0 Å². The van der Waals surface area contributed by atoms with Crippen LogP contribution in [0.1, 0.15) is 55.8 Å². The van der Waals surface area contributed by atoms with Gasteiger partial charge in [0, 0.05) is 6.42 Å².